The van der Waals surface area contributed by atoms with Crippen LogP contribution in [0.3, 0.4) is 0 Å². The first-order valence-corrected chi connectivity index (χ1v) is 6.64. The summed E-state index contributed by atoms with van der Waals surface area (Å²) in [6, 6.07) is 10.5. The highest BCUT2D eigenvalue weighted by molar-refractivity contribution is 5.92. The van der Waals surface area contributed by atoms with Crippen molar-refractivity contribution in [1.29, 1.82) is 0 Å². The van der Waals surface area contributed by atoms with Crippen molar-refractivity contribution in [1.82, 2.24) is 0 Å². The maximum atomic E-state index is 11.9. The summed E-state index contributed by atoms with van der Waals surface area (Å²) in [4.78, 5) is 13.9. The molecule has 0 heterocycles. The van der Waals surface area contributed by atoms with E-state index in [1.807, 2.05) is 35.2 Å². The highest BCUT2D eigenvalue weighted by Crippen LogP contribution is 2.26. The average molecular weight is 231 g/mol. The van der Waals surface area contributed by atoms with Crippen molar-refractivity contribution in [2.45, 2.75) is 51.5 Å². The molecule has 1 aliphatic carbocycles. The van der Waals surface area contributed by atoms with Gasteiger partial charge in [0.1, 0.15) is 0 Å². The molecule has 2 nitrogen and oxygen atoms in total. The van der Waals surface area contributed by atoms with Crippen LogP contribution in [-0.2, 0) is 4.79 Å². The van der Waals surface area contributed by atoms with Gasteiger partial charge in [-0.15, -0.1) is 0 Å². The standard InChI is InChI=1S/C15H21NO/c1-13(17)16(15-11-7-4-8-12-15)14-9-5-2-3-6-10-14/h4,7-8,11-12,14H,2-3,5-6,9-10H2,1H3. The monoisotopic (exact) mass is 231 g/mol. The third-order valence-corrected chi connectivity index (χ3v) is 3.56. The van der Waals surface area contributed by atoms with Crippen molar-refractivity contribution in [3.63, 3.8) is 0 Å². The molecular weight excluding hydrogens is 210 g/mol. The van der Waals surface area contributed by atoms with Gasteiger partial charge in [0, 0.05) is 18.7 Å². The quantitative estimate of drug-likeness (QED) is 0.710. The third kappa shape index (κ3) is 3.09. The lowest BCUT2D eigenvalue weighted by Gasteiger charge is -2.30. The number of hydrogen-bond acceptors (Lipinski definition) is 1. The van der Waals surface area contributed by atoms with Crippen LogP contribution in [0.25, 0.3) is 0 Å². The Morgan fingerprint density at radius 1 is 1.06 bits per heavy atom. The maximum Gasteiger partial charge on any atom is 0.224 e. The zero-order valence-corrected chi connectivity index (χ0v) is 10.6. The Bertz CT molecular complexity index is 352. The van der Waals surface area contributed by atoms with E-state index in [2.05, 4.69) is 0 Å². The number of anilines is 1. The molecule has 1 aromatic rings. The van der Waals surface area contributed by atoms with E-state index >= 15 is 0 Å². The van der Waals surface area contributed by atoms with Crippen LogP contribution in [0.1, 0.15) is 45.4 Å². The van der Waals surface area contributed by atoms with Crippen LogP contribution in [-0.4, -0.2) is 11.9 Å². The molecule has 1 saturated carbocycles. The van der Waals surface area contributed by atoms with Gasteiger partial charge in [0.2, 0.25) is 5.91 Å². The van der Waals surface area contributed by atoms with Crippen LogP contribution in [0.2, 0.25) is 0 Å². The molecule has 2 heteroatoms. The van der Waals surface area contributed by atoms with Gasteiger partial charge in [-0.3, -0.25) is 4.79 Å². The van der Waals surface area contributed by atoms with E-state index in [9.17, 15) is 4.79 Å². The molecular formula is C15H21NO. The Kier molecular flexibility index (Phi) is 4.18. The van der Waals surface area contributed by atoms with Crippen molar-refractivity contribution in [3.05, 3.63) is 30.3 Å². The minimum atomic E-state index is 0.170. The molecule has 1 aromatic carbocycles. The summed E-state index contributed by atoms with van der Waals surface area (Å²) < 4.78 is 0. The van der Waals surface area contributed by atoms with E-state index in [0.717, 1.165) is 18.5 Å². The first kappa shape index (κ1) is 12.2. The smallest absolute Gasteiger partial charge is 0.224 e. The average Bonchev–Trinajstić information content (AvgIpc) is 2.59. The van der Waals surface area contributed by atoms with Crippen LogP contribution in [0.15, 0.2) is 30.3 Å². The molecule has 0 saturated heterocycles. The number of amides is 1. The van der Waals surface area contributed by atoms with Crippen molar-refractivity contribution in [2.24, 2.45) is 0 Å². The van der Waals surface area contributed by atoms with Gasteiger partial charge in [-0.25, -0.2) is 0 Å². The normalized spacial score (nSPS) is 17.5. The molecule has 0 N–H and O–H groups in total. The van der Waals surface area contributed by atoms with Gasteiger partial charge in [0.15, 0.2) is 0 Å². The molecule has 0 aromatic heterocycles. The lowest BCUT2D eigenvalue weighted by Crippen LogP contribution is -2.38. The summed E-state index contributed by atoms with van der Waals surface area (Å²) in [6.07, 6.45) is 7.43. The van der Waals surface area contributed by atoms with Gasteiger partial charge in [0.05, 0.1) is 0 Å². The molecule has 0 aliphatic heterocycles. The molecule has 0 radical (unpaired) electrons. The molecule has 0 atom stereocenters. The van der Waals surface area contributed by atoms with Crippen LogP contribution in [0.5, 0.6) is 0 Å². The molecule has 17 heavy (non-hydrogen) atoms. The lowest BCUT2D eigenvalue weighted by atomic mass is 10.1. The van der Waals surface area contributed by atoms with Crippen molar-refractivity contribution < 1.29 is 4.79 Å². The van der Waals surface area contributed by atoms with Crippen LogP contribution >= 0.6 is 0 Å². The summed E-state index contributed by atoms with van der Waals surface area (Å²) in [5, 5.41) is 0. The first-order chi connectivity index (χ1) is 8.29. The van der Waals surface area contributed by atoms with Crippen molar-refractivity contribution in [3.8, 4) is 0 Å². The van der Waals surface area contributed by atoms with E-state index in [4.69, 9.17) is 0 Å². The minimum Gasteiger partial charge on any atom is -0.310 e. The second-order valence-electron chi connectivity index (χ2n) is 4.87. The number of para-hydroxylation sites is 1. The number of hydrogen-bond donors (Lipinski definition) is 0. The number of carbonyl (C=O) groups excluding carboxylic acids is 1. The Morgan fingerprint density at radius 2 is 1.65 bits per heavy atom. The largest absolute Gasteiger partial charge is 0.310 e. The lowest BCUT2D eigenvalue weighted by molar-refractivity contribution is -0.117. The second kappa shape index (κ2) is 5.85. The SMILES string of the molecule is CC(=O)N(c1ccccc1)C1CCCCCC1. The number of nitrogens with zero attached hydrogens (tertiary/aromatic N) is 1. The number of rotatable bonds is 2. The van der Waals surface area contributed by atoms with E-state index < -0.39 is 0 Å². The third-order valence-electron chi connectivity index (χ3n) is 3.56. The zero-order valence-electron chi connectivity index (χ0n) is 10.6. The molecule has 2 rings (SSSR count). The fourth-order valence-corrected chi connectivity index (χ4v) is 2.75. The fraction of sp³-hybridized carbons (Fsp3) is 0.533. The second-order valence-corrected chi connectivity index (χ2v) is 4.87. The zero-order chi connectivity index (χ0) is 12.1. The van der Waals surface area contributed by atoms with E-state index in [1.165, 1.54) is 25.7 Å². The number of benzene rings is 1. The fourth-order valence-electron chi connectivity index (χ4n) is 2.75. The first-order valence-electron chi connectivity index (χ1n) is 6.64. The Morgan fingerprint density at radius 3 is 2.18 bits per heavy atom. The van der Waals surface area contributed by atoms with Gasteiger partial charge in [-0.2, -0.15) is 0 Å². The molecule has 92 valence electrons. The van der Waals surface area contributed by atoms with Crippen molar-refractivity contribution >= 4 is 11.6 Å². The molecule has 0 unspecified atom stereocenters. The van der Waals surface area contributed by atoms with Gasteiger partial charge >= 0.3 is 0 Å². The minimum absolute atomic E-state index is 0.170. The molecule has 1 amide bonds. The Hall–Kier alpha value is -1.31. The van der Waals surface area contributed by atoms with Crippen LogP contribution in [0.4, 0.5) is 5.69 Å². The predicted molar refractivity (Wildman–Crippen MR) is 71.1 cm³/mol. The molecule has 0 bridgehead atoms. The predicted octanol–water partition coefficient (Wildman–Crippen LogP) is 3.76. The summed E-state index contributed by atoms with van der Waals surface area (Å²) in [6.45, 7) is 1.68. The summed E-state index contributed by atoms with van der Waals surface area (Å²) in [7, 11) is 0. The highest BCUT2D eigenvalue weighted by Gasteiger charge is 2.23. The number of carbonyl (C=O) groups is 1. The van der Waals surface area contributed by atoms with E-state index in [0.29, 0.717) is 6.04 Å². The highest BCUT2D eigenvalue weighted by atomic mass is 16.2. The van der Waals surface area contributed by atoms with Crippen LogP contribution < -0.4 is 4.90 Å². The van der Waals surface area contributed by atoms with Gasteiger partial charge in [-0.1, -0.05) is 43.9 Å². The van der Waals surface area contributed by atoms with Crippen molar-refractivity contribution in [2.75, 3.05) is 4.90 Å². The van der Waals surface area contributed by atoms with Gasteiger partial charge < -0.3 is 4.90 Å². The van der Waals surface area contributed by atoms with Crippen LogP contribution in [0, 0.1) is 0 Å². The van der Waals surface area contributed by atoms with E-state index in [-0.39, 0.29) is 5.91 Å². The molecule has 1 fully saturated rings. The molecule has 1 aliphatic rings. The van der Waals surface area contributed by atoms with Gasteiger partial charge in [-0.05, 0) is 25.0 Å². The Balaban J connectivity index is 2.19. The van der Waals surface area contributed by atoms with E-state index in [1.54, 1.807) is 6.92 Å². The van der Waals surface area contributed by atoms with Gasteiger partial charge in [0.25, 0.3) is 0 Å². The topological polar surface area (TPSA) is 20.3 Å². The summed E-state index contributed by atoms with van der Waals surface area (Å²) in [5.41, 5.74) is 1.05. The molecule has 0 spiro atoms. The maximum absolute atomic E-state index is 11.9. The Labute approximate surface area is 104 Å². The summed E-state index contributed by atoms with van der Waals surface area (Å²) >= 11 is 0. The summed E-state index contributed by atoms with van der Waals surface area (Å²) in [5.74, 6) is 0.170.